The highest BCUT2D eigenvalue weighted by molar-refractivity contribution is 5.53. The van der Waals surface area contributed by atoms with Gasteiger partial charge in [0.25, 0.3) is 0 Å². The zero-order valence-corrected chi connectivity index (χ0v) is 12.3. The van der Waals surface area contributed by atoms with Gasteiger partial charge in [0.1, 0.15) is 5.82 Å². The number of hydrogen-bond acceptors (Lipinski definition) is 3. The van der Waals surface area contributed by atoms with Crippen molar-refractivity contribution in [3.8, 4) is 0 Å². The molecule has 1 unspecified atom stereocenters. The molecule has 1 aliphatic carbocycles. The topological polar surface area (TPSA) is 66.5 Å². The Morgan fingerprint density at radius 1 is 1.29 bits per heavy atom. The van der Waals surface area contributed by atoms with Crippen LogP contribution in [0.25, 0.3) is 6.08 Å². The summed E-state index contributed by atoms with van der Waals surface area (Å²) < 4.78 is 13.9. The van der Waals surface area contributed by atoms with E-state index in [0.717, 1.165) is 32.1 Å². The van der Waals surface area contributed by atoms with E-state index in [1.54, 1.807) is 24.3 Å². The third-order valence-electron chi connectivity index (χ3n) is 4.14. The molecule has 1 saturated carbocycles. The first-order valence-electron chi connectivity index (χ1n) is 7.63. The SMILES string of the molecule is NCCC(O)c1ccc(F)c(C=CC2(O)CCCCC2)c1. The second kappa shape index (κ2) is 7.16. The fourth-order valence-corrected chi connectivity index (χ4v) is 2.80. The molecule has 2 rings (SSSR count). The van der Waals surface area contributed by atoms with Gasteiger partial charge in [-0.2, -0.15) is 0 Å². The highest BCUT2D eigenvalue weighted by atomic mass is 19.1. The molecule has 0 heterocycles. The van der Waals surface area contributed by atoms with Crippen molar-refractivity contribution < 1.29 is 14.6 Å². The molecule has 1 aromatic rings. The maximum Gasteiger partial charge on any atom is 0.130 e. The van der Waals surface area contributed by atoms with Crippen molar-refractivity contribution in [2.24, 2.45) is 5.73 Å². The summed E-state index contributed by atoms with van der Waals surface area (Å²) in [6.45, 7) is 0.378. The smallest absolute Gasteiger partial charge is 0.130 e. The Balaban J connectivity index is 2.16. The predicted octanol–water partition coefficient (Wildman–Crippen LogP) is 2.92. The minimum absolute atomic E-state index is 0.352. The van der Waals surface area contributed by atoms with Gasteiger partial charge < -0.3 is 15.9 Å². The van der Waals surface area contributed by atoms with Crippen LogP contribution in [-0.4, -0.2) is 22.4 Å². The van der Waals surface area contributed by atoms with Gasteiger partial charge in [-0.25, -0.2) is 4.39 Å². The third-order valence-corrected chi connectivity index (χ3v) is 4.14. The number of halogens is 1. The summed E-state index contributed by atoms with van der Waals surface area (Å²) in [5.41, 5.74) is 5.65. The van der Waals surface area contributed by atoms with Crippen LogP contribution in [0.5, 0.6) is 0 Å². The van der Waals surface area contributed by atoms with E-state index in [4.69, 9.17) is 5.73 Å². The fourth-order valence-electron chi connectivity index (χ4n) is 2.80. The molecule has 21 heavy (non-hydrogen) atoms. The molecular formula is C17H24FNO2. The zero-order valence-electron chi connectivity index (χ0n) is 12.3. The quantitative estimate of drug-likeness (QED) is 0.782. The molecule has 0 saturated heterocycles. The molecule has 0 spiro atoms. The van der Waals surface area contributed by atoms with Gasteiger partial charge in [0.05, 0.1) is 11.7 Å². The molecule has 1 aromatic carbocycles. The number of benzene rings is 1. The number of hydrogen-bond donors (Lipinski definition) is 3. The molecular weight excluding hydrogens is 269 g/mol. The molecule has 1 fully saturated rings. The molecule has 116 valence electrons. The van der Waals surface area contributed by atoms with Gasteiger partial charge >= 0.3 is 0 Å². The first-order chi connectivity index (χ1) is 10.0. The van der Waals surface area contributed by atoms with Gasteiger partial charge in [0.15, 0.2) is 0 Å². The van der Waals surface area contributed by atoms with Crippen molar-refractivity contribution in [3.63, 3.8) is 0 Å². The lowest BCUT2D eigenvalue weighted by Crippen LogP contribution is -2.28. The van der Waals surface area contributed by atoms with Gasteiger partial charge in [0.2, 0.25) is 0 Å². The summed E-state index contributed by atoms with van der Waals surface area (Å²) in [4.78, 5) is 0. The number of nitrogens with two attached hydrogens (primary N) is 1. The van der Waals surface area contributed by atoms with Gasteiger partial charge in [0, 0.05) is 5.56 Å². The third kappa shape index (κ3) is 4.37. The van der Waals surface area contributed by atoms with Crippen molar-refractivity contribution in [2.75, 3.05) is 6.54 Å². The second-order valence-corrected chi connectivity index (χ2v) is 5.87. The van der Waals surface area contributed by atoms with Crippen LogP contribution < -0.4 is 5.73 Å². The zero-order chi connectivity index (χ0) is 15.3. The Morgan fingerprint density at radius 3 is 2.67 bits per heavy atom. The van der Waals surface area contributed by atoms with Crippen LogP contribution >= 0.6 is 0 Å². The Hall–Kier alpha value is -1.23. The van der Waals surface area contributed by atoms with Gasteiger partial charge in [-0.05, 0) is 43.5 Å². The summed E-state index contributed by atoms with van der Waals surface area (Å²) in [5, 5.41) is 20.3. The monoisotopic (exact) mass is 293 g/mol. The minimum Gasteiger partial charge on any atom is -0.388 e. The van der Waals surface area contributed by atoms with Gasteiger partial charge in [-0.1, -0.05) is 37.5 Å². The lowest BCUT2D eigenvalue weighted by molar-refractivity contribution is 0.0521. The number of aliphatic hydroxyl groups excluding tert-OH is 1. The standard InChI is InChI=1S/C17H24FNO2/c18-15-5-4-14(16(20)7-11-19)12-13(15)6-10-17(21)8-2-1-3-9-17/h4-6,10,12,16,20-21H,1-3,7-9,11,19H2. The lowest BCUT2D eigenvalue weighted by atomic mass is 9.84. The average molecular weight is 293 g/mol. The normalized spacial score (nSPS) is 19.8. The van der Waals surface area contributed by atoms with E-state index >= 15 is 0 Å². The van der Waals surface area contributed by atoms with Crippen LogP contribution in [-0.2, 0) is 0 Å². The highest BCUT2D eigenvalue weighted by Gasteiger charge is 2.25. The maximum absolute atomic E-state index is 13.9. The molecule has 0 aromatic heterocycles. The van der Waals surface area contributed by atoms with E-state index in [0.29, 0.717) is 24.1 Å². The van der Waals surface area contributed by atoms with E-state index in [-0.39, 0.29) is 5.82 Å². The van der Waals surface area contributed by atoms with Gasteiger partial charge in [-0.15, -0.1) is 0 Å². The molecule has 1 aliphatic rings. The Kier molecular flexibility index (Phi) is 5.51. The summed E-state index contributed by atoms with van der Waals surface area (Å²) in [5.74, 6) is -0.352. The van der Waals surface area contributed by atoms with Crippen LogP contribution in [0.4, 0.5) is 4.39 Å². The van der Waals surface area contributed by atoms with Crippen LogP contribution in [0.3, 0.4) is 0 Å². The van der Waals surface area contributed by atoms with E-state index in [9.17, 15) is 14.6 Å². The molecule has 0 amide bonds. The molecule has 1 atom stereocenters. The van der Waals surface area contributed by atoms with Crippen molar-refractivity contribution >= 4 is 6.08 Å². The van der Waals surface area contributed by atoms with E-state index in [1.165, 1.54) is 6.07 Å². The summed E-state index contributed by atoms with van der Waals surface area (Å²) >= 11 is 0. The highest BCUT2D eigenvalue weighted by Crippen LogP contribution is 2.30. The molecule has 4 heteroatoms. The Labute approximate surface area is 125 Å². The maximum atomic E-state index is 13.9. The first-order valence-corrected chi connectivity index (χ1v) is 7.63. The summed E-state index contributed by atoms with van der Waals surface area (Å²) in [7, 11) is 0. The first kappa shape index (κ1) is 16.1. The van der Waals surface area contributed by atoms with Crippen molar-refractivity contribution in [3.05, 3.63) is 41.2 Å². The number of aliphatic hydroxyl groups is 2. The van der Waals surface area contributed by atoms with E-state index in [1.807, 2.05) is 0 Å². The Morgan fingerprint density at radius 2 is 2.00 bits per heavy atom. The predicted molar refractivity (Wildman–Crippen MR) is 82.1 cm³/mol. The molecule has 0 bridgehead atoms. The second-order valence-electron chi connectivity index (χ2n) is 5.87. The van der Waals surface area contributed by atoms with E-state index < -0.39 is 11.7 Å². The largest absolute Gasteiger partial charge is 0.388 e. The van der Waals surface area contributed by atoms with Crippen LogP contribution in [0, 0.1) is 5.82 Å². The molecule has 3 nitrogen and oxygen atoms in total. The van der Waals surface area contributed by atoms with Crippen molar-refractivity contribution in [1.29, 1.82) is 0 Å². The summed E-state index contributed by atoms with van der Waals surface area (Å²) in [6, 6.07) is 4.54. The van der Waals surface area contributed by atoms with Gasteiger partial charge in [-0.3, -0.25) is 0 Å². The van der Waals surface area contributed by atoms with Crippen molar-refractivity contribution in [1.82, 2.24) is 0 Å². The van der Waals surface area contributed by atoms with Crippen molar-refractivity contribution in [2.45, 2.75) is 50.2 Å². The van der Waals surface area contributed by atoms with Crippen LogP contribution in [0.1, 0.15) is 55.8 Å². The van der Waals surface area contributed by atoms with E-state index in [2.05, 4.69) is 0 Å². The molecule has 0 aliphatic heterocycles. The Bertz CT molecular complexity index is 496. The molecule has 4 N–H and O–H groups in total. The van der Waals surface area contributed by atoms with Crippen LogP contribution in [0.2, 0.25) is 0 Å². The minimum atomic E-state index is -0.823. The number of rotatable bonds is 5. The average Bonchev–Trinajstić information content (AvgIpc) is 2.47. The van der Waals surface area contributed by atoms with Crippen LogP contribution in [0.15, 0.2) is 24.3 Å². The lowest BCUT2D eigenvalue weighted by Gasteiger charge is -2.28. The molecule has 0 radical (unpaired) electrons. The summed E-state index contributed by atoms with van der Waals surface area (Å²) in [6.07, 6.45) is 7.67. The fraction of sp³-hybridized carbons (Fsp3) is 0.529.